The zero-order valence-corrected chi connectivity index (χ0v) is 22.0. The Kier molecular flexibility index (Phi) is 9.03. The van der Waals surface area contributed by atoms with Crippen LogP contribution in [0.2, 0.25) is 0 Å². The van der Waals surface area contributed by atoms with Gasteiger partial charge in [-0.3, -0.25) is 30.3 Å². The van der Waals surface area contributed by atoms with Gasteiger partial charge < -0.3 is 13.3 Å². The summed E-state index contributed by atoms with van der Waals surface area (Å²) in [6, 6.07) is 26.6. The SMILES string of the molecule is O=[N+]([O-])c1ccccc1CO[Si](OCc1ccccc1[N+](=O)[O-])(OCc1ccccc1[N+](=O)[O-])c1ccccc1. The fraction of sp³-hybridized carbons (Fsp3) is 0.111. The van der Waals surface area contributed by atoms with Gasteiger partial charge in [-0.25, -0.2) is 0 Å². The van der Waals surface area contributed by atoms with Crippen molar-refractivity contribution in [2.45, 2.75) is 19.8 Å². The lowest BCUT2D eigenvalue weighted by Crippen LogP contribution is -2.56. The van der Waals surface area contributed by atoms with Crippen LogP contribution in [-0.4, -0.2) is 23.6 Å². The molecule has 12 nitrogen and oxygen atoms in total. The highest BCUT2D eigenvalue weighted by Crippen LogP contribution is 2.27. The molecule has 0 aromatic heterocycles. The number of para-hydroxylation sites is 3. The molecular formula is C27H23N3O9Si. The zero-order chi connectivity index (χ0) is 28.5. The number of nitro groups is 3. The highest BCUT2D eigenvalue weighted by atomic mass is 28.4. The Hall–Kier alpha value is -4.82. The van der Waals surface area contributed by atoms with Gasteiger partial charge in [-0.15, -0.1) is 0 Å². The standard InChI is InChI=1S/C27H23N3O9Si/c31-28(32)25-15-7-4-10-21(25)18-37-40(24-13-2-1-3-14-24,38-19-22-11-5-8-16-26(22)29(33)34)39-20-23-12-6-9-17-27(23)30(35)36/h1-17H,18-20H2. The Morgan fingerprint density at radius 3 is 1.10 bits per heavy atom. The van der Waals surface area contributed by atoms with E-state index >= 15 is 0 Å². The van der Waals surface area contributed by atoms with Crippen molar-refractivity contribution in [1.82, 2.24) is 0 Å². The third-order valence-electron chi connectivity index (χ3n) is 5.95. The maximum atomic E-state index is 11.6. The summed E-state index contributed by atoms with van der Waals surface area (Å²) in [5.74, 6) is 0. The molecule has 0 unspecified atom stereocenters. The molecule has 0 radical (unpaired) electrons. The minimum atomic E-state index is -4.06. The maximum Gasteiger partial charge on any atom is 0.538 e. The first-order valence-electron chi connectivity index (χ1n) is 11.9. The molecular weight excluding hydrogens is 538 g/mol. The van der Waals surface area contributed by atoms with E-state index in [1.165, 1.54) is 54.6 Å². The van der Waals surface area contributed by atoms with Gasteiger partial charge in [0.1, 0.15) is 0 Å². The van der Waals surface area contributed by atoms with Crippen molar-refractivity contribution in [3.8, 4) is 0 Å². The fourth-order valence-electron chi connectivity index (χ4n) is 3.97. The molecule has 0 saturated heterocycles. The lowest BCUT2D eigenvalue weighted by atomic mass is 10.2. The average molecular weight is 562 g/mol. The molecule has 40 heavy (non-hydrogen) atoms. The Balaban J connectivity index is 1.76. The molecule has 0 aliphatic heterocycles. The quantitative estimate of drug-likeness (QED) is 0.121. The van der Waals surface area contributed by atoms with Crippen molar-refractivity contribution in [3.63, 3.8) is 0 Å². The Morgan fingerprint density at radius 2 is 0.775 bits per heavy atom. The Labute approximate surface area is 229 Å². The lowest BCUT2D eigenvalue weighted by molar-refractivity contribution is -0.385. The second kappa shape index (κ2) is 12.8. The number of hydrogen-bond donors (Lipinski definition) is 0. The summed E-state index contributed by atoms with van der Waals surface area (Å²) in [6.07, 6.45) is 0. The van der Waals surface area contributed by atoms with Crippen molar-refractivity contribution < 1.29 is 28.0 Å². The molecule has 0 fully saturated rings. The van der Waals surface area contributed by atoms with Crippen LogP contribution in [0.1, 0.15) is 16.7 Å². The van der Waals surface area contributed by atoms with Gasteiger partial charge in [0.05, 0.1) is 51.3 Å². The van der Waals surface area contributed by atoms with Crippen molar-refractivity contribution in [3.05, 3.63) is 150 Å². The van der Waals surface area contributed by atoms with E-state index in [0.29, 0.717) is 5.19 Å². The largest absolute Gasteiger partial charge is 0.538 e. The van der Waals surface area contributed by atoms with Crippen LogP contribution < -0.4 is 5.19 Å². The van der Waals surface area contributed by atoms with E-state index in [2.05, 4.69) is 0 Å². The maximum absolute atomic E-state index is 11.6. The topological polar surface area (TPSA) is 157 Å². The Morgan fingerprint density at radius 1 is 0.475 bits per heavy atom. The first-order chi connectivity index (χ1) is 19.3. The van der Waals surface area contributed by atoms with E-state index in [1.807, 2.05) is 0 Å². The Bertz CT molecular complexity index is 1370. The van der Waals surface area contributed by atoms with Gasteiger partial charge in [0.25, 0.3) is 17.1 Å². The summed E-state index contributed by atoms with van der Waals surface area (Å²) >= 11 is 0. The third kappa shape index (κ3) is 6.59. The van der Waals surface area contributed by atoms with E-state index in [1.54, 1.807) is 48.5 Å². The molecule has 0 aliphatic rings. The van der Waals surface area contributed by atoms with Crippen molar-refractivity contribution >= 4 is 31.1 Å². The minimum Gasteiger partial charge on any atom is -0.365 e. The number of nitro benzene ring substituents is 3. The predicted molar refractivity (Wildman–Crippen MR) is 145 cm³/mol. The van der Waals surface area contributed by atoms with Crippen LogP contribution >= 0.6 is 0 Å². The van der Waals surface area contributed by atoms with E-state index in [0.717, 1.165) is 0 Å². The van der Waals surface area contributed by atoms with Gasteiger partial charge in [-0.05, 0) is 18.2 Å². The van der Waals surface area contributed by atoms with Gasteiger partial charge >= 0.3 is 8.80 Å². The van der Waals surface area contributed by atoms with Crippen molar-refractivity contribution in [2.24, 2.45) is 0 Å². The minimum absolute atomic E-state index is 0.171. The third-order valence-corrected chi connectivity index (χ3v) is 8.56. The highest BCUT2D eigenvalue weighted by molar-refractivity contribution is 6.75. The highest BCUT2D eigenvalue weighted by Gasteiger charge is 2.45. The molecule has 0 atom stereocenters. The van der Waals surface area contributed by atoms with Crippen LogP contribution in [0.4, 0.5) is 17.1 Å². The monoisotopic (exact) mass is 561 g/mol. The molecule has 0 aliphatic carbocycles. The van der Waals surface area contributed by atoms with Crippen LogP contribution in [0, 0.1) is 30.3 Å². The summed E-state index contributed by atoms with van der Waals surface area (Å²) in [7, 11) is -4.06. The number of rotatable bonds is 13. The van der Waals surface area contributed by atoms with Gasteiger partial charge in [-0.1, -0.05) is 66.7 Å². The van der Waals surface area contributed by atoms with Gasteiger partial charge in [0, 0.05) is 23.4 Å². The van der Waals surface area contributed by atoms with E-state index in [9.17, 15) is 30.3 Å². The molecule has 0 heterocycles. The van der Waals surface area contributed by atoms with Gasteiger partial charge in [0.2, 0.25) is 0 Å². The molecule has 4 aromatic carbocycles. The molecule has 0 N–H and O–H groups in total. The second-order valence-corrected chi connectivity index (χ2v) is 11.0. The molecule has 0 amide bonds. The fourth-order valence-corrected chi connectivity index (χ4v) is 6.36. The summed E-state index contributed by atoms with van der Waals surface area (Å²) in [5, 5.41) is 35.3. The molecule has 0 spiro atoms. The first-order valence-corrected chi connectivity index (χ1v) is 13.7. The average Bonchev–Trinajstić information content (AvgIpc) is 2.97. The number of benzene rings is 4. The van der Waals surface area contributed by atoms with Crippen LogP contribution in [0.3, 0.4) is 0 Å². The predicted octanol–water partition coefficient (Wildman–Crippen LogP) is 5.21. The van der Waals surface area contributed by atoms with Crippen LogP contribution in [-0.2, 0) is 33.1 Å². The van der Waals surface area contributed by atoms with Gasteiger partial charge in [-0.2, -0.15) is 0 Å². The second-order valence-electron chi connectivity index (χ2n) is 8.45. The lowest BCUT2D eigenvalue weighted by Gasteiger charge is -2.30. The van der Waals surface area contributed by atoms with Crippen molar-refractivity contribution in [2.75, 3.05) is 0 Å². The van der Waals surface area contributed by atoms with Crippen LogP contribution in [0.5, 0.6) is 0 Å². The summed E-state index contributed by atoms with van der Waals surface area (Å²) in [5.41, 5.74) is 0.249. The van der Waals surface area contributed by atoms with Gasteiger partial charge in [0.15, 0.2) is 0 Å². The van der Waals surface area contributed by atoms with Crippen LogP contribution in [0.25, 0.3) is 0 Å². The van der Waals surface area contributed by atoms with Crippen molar-refractivity contribution in [1.29, 1.82) is 0 Å². The molecule has 0 saturated carbocycles. The summed E-state index contributed by atoms with van der Waals surface area (Å²) in [4.78, 5) is 33.2. The summed E-state index contributed by atoms with van der Waals surface area (Å²) in [6.45, 7) is -0.857. The zero-order valence-electron chi connectivity index (χ0n) is 21.0. The normalized spacial score (nSPS) is 11.2. The van der Waals surface area contributed by atoms with E-state index < -0.39 is 23.6 Å². The molecule has 204 valence electrons. The van der Waals surface area contributed by atoms with E-state index in [4.69, 9.17) is 13.3 Å². The number of nitrogens with zero attached hydrogens (tertiary/aromatic N) is 3. The van der Waals surface area contributed by atoms with E-state index in [-0.39, 0.29) is 53.6 Å². The smallest absolute Gasteiger partial charge is 0.365 e. The summed E-state index contributed by atoms with van der Waals surface area (Å²) < 4.78 is 18.9. The molecule has 4 aromatic rings. The molecule has 13 heteroatoms. The molecule has 4 rings (SSSR count). The number of hydrogen-bond acceptors (Lipinski definition) is 9. The van der Waals surface area contributed by atoms with Crippen LogP contribution in [0.15, 0.2) is 103 Å². The first kappa shape index (κ1) is 28.2. The molecule has 0 bridgehead atoms.